The highest BCUT2D eigenvalue weighted by molar-refractivity contribution is 9.10. The minimum Gasteiger partial charge on any atom is -0.471 e. The molecular weight excluding hydrogens is 368 g/mol. The molecule has 0 saturated carbocycles. The van der Waals surface area contributed by atoms with Gasteiger partial charge in [-0.1, -0.05) is 48.0 Å². The zero-order valence-corrected chi connectivity index (χ0v) is 16.0. The van der Waals surface area contributed by atoms with Crippen LogP contribution < -0.4 is 15.4 Å². The molecule has 0 spiro atoms. The molecule has 2 rings (SSSR count). The zero-order valence-electron chi connectivity index (χ0n) is 14.4. The molecule has 5 heteroatoms. The van der Waals surface area contributed by atoms with Gasteiger partial charge >= 0.3 is 6.03 Å². The number of hydrogen-bond donors (Lipinski definition) is 2. The van der Waals surface area contributed by atoms with E-state index in [1.54, 1.807) is 0 Å². The van der Waals surface area contributed by atoms with Crippen molar-refractivity contribution in [3.05, 3.63) is 58.1 Å². The van der Waals surface area contributed by atoms with Crippen LogP contribution in [0.2, 0.25) is 0 Å². The molecule has 0 aliphatic heterocycles. The Kier molecular flexibility index (Phi) is 6.26. The third-order valence-electron chi connectivity index (χ3n) is 3.59. The van der Waals surface area contributed by atoms with Crippen LogP contribution in [-0.4, -0.2) is 12.3 Å². The fraction of sp³-hybridized carbons (Fsp3) is 0.316. The van der Waals surface area contributed by atoms with Crippen LogP contribution in [0, 0.1) is 6.92 Å². The molecule has 128 valence electrons. The highest BCUT2D eigenvalue weighted by atomic mass is 79.9. The number of para-hydroxylation sites is 1. The number of benzene rings is 2. The molecule has 2 N–H and O–H groups in total. The summed E-state index contributed by atoms with van der Waals surface area (Å²) in [5.74, 6) is 1.15. The molecule has 24 heavy (non-hydrogen) atoms. The third-order valence-corrected chi connectivity index (χ3v) is 4.48. The Morgan fingerprint density at radius 1 is 1.12 bits per heavy atom. The van der Waals surface area contributed by atoms with E-state index >= 15 is 0 Å². The van der Waals surface area contributed by atoms with Gasteiger partial charge in [0.2, 0.25) is 0 Å². The fourth-order valence-corrected chi connectivity index (χ4v) is 2.61. The van der Waals surface area contributed by atoms with E-state index in [-0.39, 0.29) is 6.03 Å². The highest BCUT2D eigenvalue weighted by Gasteiger charge is 2.12. The van der Waals surface area contributed by atoms with Crippen LogP contribution in [0.1, 0.15) is 37.8 Å². The molecular formula is C19H23BrN2O2. The van der Waals surface area contributed by atoms with E-state index in [1.807, 2.05) is 56.3 Å². The molecule has 0 radical (unpaired) electrons. The van der Waals surface area contributed by atoms with Gasteiger partial charge < -0.3 is 15.4 Å². The minimum atomic E-state index is -0.443. The first-order valence-corrected chi connectivity index (χ1v) is 8.75. The van der Waals surface area contributed by atoms with Gasteiger partial charge in [-0.2, -0.15) is 0 Å². The number of rotatable bonds is 5. The summed E-state index contributed by atoms with van der Waals surface area (Å²) in [6, 6.07) is 13.2. The second-order valence-corrected chi connectivity index (χ2v) is 6.87. The van der Waals surface area contributed by atoms with Crippen LogP contribution in [-0.2, 0) is 0 Å². The molecule has 0 fully saturated rings. The first-order chi connectivity index (χ1) is 11.4. The first-order valence-electron chi connectivity index (χ1n) is 7.96. The van der Waals surface area contributed by atoms with Gasteiger partial charge in [0, 0.05) is 10.2 Å². The largest absolute Gasteiger partial charge is 0.471 e. The Morgan fingerprint density at radius 2 is 1.83 bits per heavy atom. The van der Waals surface area contributed by atoms with Crippen LogP contribution in [0.5, 0.6) is 5.75 Å². The molecule has 2 aromatic carbocycles. The van der Waals surface area contributed by atoms with Crippen molar-refractivity contribution in [1.82, 2.24) is 5.32 Å². The molecule has 0 aliphatic rings. The molecule has 0 aliphatic carbocycles. The van der Waals surface area contributed by atoms with Gasteiger partial charge in [0.15, 0.2) is 6.23 Å². The Labute approximate surface area is 151 Å². The molecule has 4 nitrogen and oxygen atoms in total. The summed E-state index contributed by atoms with van der Waals surface area (Å²) in [4.78, 5) is 12.1. The predicted molar refractivity (Wildman–Crippen MR) is 102 cm³/mol. The predicted octanol–water partition coefficient (Wildman–Crippen LogP) is 5.43. The van der Waals surface area contributed by atoms with Gasteiger partial charge in [-0.05, 0) is 55.2 Å². The smallest absolute Gasteiger partial charge is 0.322 e. The first kappa shape index (κ1) is 18.3. The monoisotopic (exact) mass is 390 g/mol. The van der Waals surface area contributed by atoms with Crippen molar-refractivity contribution in [3.8, 4) is 5.75 Å². The summed E-state index contributed by atoms with van der Waals surface area (Å²) in [5, 5.41) is 5.61. The van der Waals surface area contributed by atoms with Crippen molar-refractivity contribution in [3.63, 3.8) is 0 Å². The Bertz CT molecular complexity index is 716. The number of hydrogen-bond acceptors (Lipinski definition) is 2. The summed E-state index contributed by atoms with van der Waals surface area (Å²) < 4.78 is 6.89. The number of carbonyl (C=O) groups excluding carboxylic acids is 1. The van der Waals surface area contributed by atoms with E-state index in [1.165, 1.54) is 0 Å². The zero-order chi connectivity index (χ0) is 17.7. The lowest BCUT2D eigenvalue weighted by molar-refractivity contribution is 0.181. The molecule has 2 amide bonds. The molecule has 1 unspecified atom stereocenters. The van der Waals surface area contributed by atoms with Gasteiger partial charge in [-0.15, -0.1) is 0 Å². The number of carbonyl (C=O) groups is 1. The van der Waals surface area contributed by atoms with E-state index in [2.05, 4.69) is 40.4 Å². The lowest BCUT2D eigenvalue weighted by atomic mass is 10.0. The lowest BCUT2D eigenvalue weighted by Gasteiger charge is -2.20. The quantitative estimate of drug-likeness (QED) is 0.668. The molecule has 1 atom stereocenters. The maximum atomic E-state index is 12.1. The Hall–Kier alpha value is -2.01. The van der Waals surface area contributed by atoms with Gasteiger partial charge in [0.05, 0.1) is 0 Å². The van der Waals surface area contributed by atoms with Gasteiger partial charge in [-0.25, -0.2) is 4.79 Å². The van der Waals surface area contributed by atoms with Gasteiger partial charge in [0.1, 0.15) is 5.75 Å². The molecule has 0 bridgehead atoms. The number of anilines is 1. The third kappa shape index (κ3) is 4.99. The van der Waals surface area contributed by atoms with Gasteiger partial charge in [-0.3, -0.25) is 0 Å². The second kappa shape index (κ2) is 8.20. The van der Waals surface area contributed by atoms with Crippen LogP contribution in [0.3, 0.4) is 0 Å². The van der Waals surface area contributed by atoms with E-state index in [9.17, 15) is 4.79 Å². The summed E-state index contributed by atoms with van der Waals surface area (Å²) in [6.45, 7) is 8.01. The summed E-state index contributed by atoms with van der Waals surface area (Å²) in [6.07, 6.45) is -0.443. The number of urea groups is 1. The molecule has 0 heterocycles. The van der Waals surface area contributed by atoms with Crippen molar-refractivity contribution >= 4 is 27.6 Å². The number of nitrogens with one attached hydrogen (secondary N) is 2. The van der Waals surface area contributed by atoms with E-state index in [0.717, 1.165) is 27.0 Å². The number of amides is 2. The number of ether oxygens (including phenoxy) is 1. The molecule has 0 saturated heterocycles. The topological polar surface area (TPSA) is 50.4 Å². The van der Waals surface area contributed by atoms with Crippen molar-refractivity contribution in [2.45, 2.75) is 39.8 Å². The van der Waals surface area contributed by atoms with Crippen LogP contribution >= 0.6 is 15.9 Å². The lowest BCUT2D eigenvalue weighted by Crippen LogP contribution is -2.39. The van der Waals surface area contributed by atoms with E-state index in [0.29, 0.717) is 5.92 Å². The van der Waals surface area contributed by atoms with Crippen LogP contribution in [0.4, 0.5) is 10.5 Å². The summed E-state index contributed by atoms with van der Waals surface area (Å²) in [5.41, 5.74) is 2.92. The molecule has 0 aromatic heterocycles. The van der Waals surface area contributed by atoms with Crippen molar-refractivity contribution < 1.29 is 9.53 Å². The van der Waals surface area contributed by atoms with Crippen LogP contribution in [0.25, 0.3) is 0 Å². The number of halogens is 1. The maximum absolute atomic E-state index is 12.1. The van der Waals surface area contributed by atoms with Gasteiger partial charge in [0.25, 0.3) is 0 Å². The summed E-state index contributed by atoms with van der Waals surface area (Å²) >= 11 is 3.44. The van der Waals surface area contributed by atoms with E-state index in [4.69, 9.17) is 4.74 Å². The normalized spacial score (nSPS) is 11.9. The SMILES string of the molecule is Cc1cc(NC(=O)NC(C)Oc2ccccc2C(C)C)ccc1Br. The highest BCUT2D eigenvalue weighted by Crippen LogP contribution is 2.26. The second-order valence-electron chi connectivity index (χ2n) is 6.02. The standard InChI is InChI=1S/C19H23BrN2O2/c1-12(2)16-7-5-6-8-18(16)24-14(4)21-19(23)22-15-9-10-17(20)13(3)11-15/h5-12,14H,1-4H3,(H2,21,22,23). The average Bonchev–Trinajstić information content (AvgIpc) is 2.51. The average molecular weight is 391 g/mol. The van der Waals surface area contributed by atoms with E-state index < -0.39 is 6.23 Å². The minimum absolute atomic E-state index is 0.300. The number of aryl methyl sites for hydroxylation is 1. The van der Waals surface area contributed by atoms with Crippen molar-refractivity contribution in [1.29, 1.82) is 0 Å². The Balaban J connectivity index is 1.95. The molecule has 2 aromatic rings. The fourth-order valence-electron chi connectivity index (χ4n) is 2.36. The van der Waals surface area contributed by atoms with Crippen molar-refractivity contribution in [2.75, 3.05) is 5.32 Å². The van der Waals surface area contributed by atoms with Crippen molar-refractivity contribution in [2.24, 2.45) is 0 Å². The maximum Gasteiger partial charge on any atom is 0.322 e. The van der Waals surface area contributed by atoms with Crippen LogP contribution in [0.15, 0.2) is 46.9 Å². The summed E-state index contributed by atoms with van der Waals surface area (Å²) in [7, 11) is 0. The Morgan fingerprint density at radius 3 is 2.50 bits per heavy atom.